The number of ether oxygens (including phenoxy) is 1. The van der Waals surface area contributed by atoms with E-state index in [2.05, 4.69) is 10.5 Å². The first-order valence-electron chi connectivity index (χ1n) is 7.49. The molecule has 2 aromatic rings. The molecule has 0 aliphatic heterocycles. The van der Waals surface area contributed by atoms with Gasteiger partial charge in [0.05, 0.1) is 25.3 Å². The van der Waals surface area contributed by atoms with E-state index in [0.717, 1.165) is 10.6 Å². The van der Waals surface area contributed by atoms with Crippen LogP contribution >= 0.6 is 11.6 Å². The van der Waals surface area contributed by atoms with Crippen molar-refractivity contribution < 1.29 is 17.9 Å². The normalized spacial score (nSPS) is 11.3. The number of hydrogen-bond donors (Lipinski definition) is 1. The fourth-order valence-corrected chi connectivity index (χ4v) is 3.11. The molecule has 0 unspecified atom stereocenters. The van der Waals surface area contributed by atoms with E-state index < -0.39 is 22.5 Å². The maximum absolute atomic E-state index is 12.1. The van der Waals surface area contributed by atoms with Crippen molar-refractivity contribution in [1.82, 2.24) is 5.43 Å². The standard InChI is InChI=1S/C17H18ClN3O4S/c1-25-15-9-7-14(8-10-15)21(26(2,23)24)12-17(22)20-19-11-13-5-3-4-6-16(13)18/h3-11H,12H2,1-2H3,(H,20,22)/b19-11-. The number of nitrogens with one attached hydrogen (secondary N) is 1. The summed E-state index contributed by atoms with van der Waals surface area (Å²) in [5, 5.41) is 4.30. The van der Waals surface area contributed by atoms with Gasteiger partial charge in [0, 0.05) is 10.6 Å². The van der Waals surface area contributed by atoms with Crippen LogP contribution in [-0.2, 0) is 14.8 Å². The van der Waals surface area contributed by atoms with Crippen molar-refractivity contribution in [3.8, 4) is 5.75 Å². The molecule has 0 aliphatic carbocycles. The van der Waals surface area contributed by atoms with Gasteiger partial charge in [0.15, 0.2) is 0 Å². The van der Waals surface area contributed by atoms with E-state index in [4.69, 9.17) is 16.3 Å². The number of hydrazone groups is 1. The van der Waals surface area contributed by atoms with E-state index in [0.29, 0.717) is 22.0 Å². The largest absolute Gasteiger partial charge is 0.497 e. The first-order chi connectivity index (χ1) is 12.3. The SMILES string of the molecule is COc1ccc(N(CC(=O)N/N=C\c2ccccc2Cl)S(C)(=O)=O)cc1. The Hall–Kier alpha value is -2.58. The maximum Gasteiger partial charge on any atom is 0.260 e. The molecule has 0 radical (unpaired) electrons. The molecule has 138 valence electrons. The molecule has 0 atom stereocenters. The summed E-state index contributed by atoms with van der Waals surface area (Å²) in [6.45, 7) is -0.412. The molecule has 0 aromatic heterocycles. The van der Waals surface area contributed by atoms with Crippen LogP contribution in [0.3, 0.4) is 0 Å². The summed E-state index contributed by atoms with van der Waals surface area (Å²) in [6, 6.07) is 13.3. The minimum Gasteiger partial charge on any atom is -0.497 e. The van der Waals surface area contributed by atoms with Crippen LogP contribution in [0, 0.1) is 0 Å². The summed E-state index contributed by atoms with van der Waals surface area (Å²) >= 11 is 5.99. The predicted molar refractivity (Wildman–Crippen MR) is 102 cm³/mol. The fourth-order valence-electron chi connectivity index (χ4n) is 2.07. The number of anilines is 1. The van der Waals surface area contributed by atoms with Crippen LogP contribution in [0.1, 0.15) is 5.56 Å². The number of carbonyl (C=O) groups excluding carboxylic acids is 1. The van der Waals surface area contributed by atoms with E-state index >= 15 is 0 Å². The maximum atomic E-state index is 12.1. The number of halogens is 1. The number of sulfonamides is 1. The third-order valence-electron chi connectivity index (χ3n) is 3.35. The molecule has 7 nitrogen and oxygen atoms in total. The monoisotopic (exact) mass is 395 g/mol. The van der Waals surface area contributed by atoms with Gasteiger partial charge < -0.3 is 4.74 Å². The van der Waals surface area contributed by atoms with E-state index in [-0.39, 0.29) is 0 Å². The topological polar surface area (TPSA) is 88.1 Å². The van der Waals surface area contributed by atoms with Gasteiger partial charge in [-0.1, -0.05) is 29.8 Å². The van der Waals surface area contributed by atoms with Crippen molar-refractivity contribution in [1.29, 1.82) is 0 Å². The van der Waals surface area contributed by atoms with E-state index in [1.807, 2.05) is 0 Å². The molecule has 1 amide bonds. The van der Waals surface area contributed by atoms with Gasteiger partial charge in [0.2, 0.25) is 10.0 Å². The molecule has 0 spiro atoms. The van der Waals surface area contributed by atoms with Crippen molar-refractivity contribution in [3.05, 3.63) is 59.1 Å². The van der Waals surface area contributed by atoms with Gasteiger partial charge in [0.25, 0.3) is 5.91 Å². The molecular formula is C17H18ClN3O4S. The smallest absolute Gasteiger partial charge is 0.260 e. The van der Waals surface area contributed by atoms with E-state index in [1.165, 1.54) is 13.3 Å². The molecule has 0 fully saturated rings. The van der Waals surface area contributed by atoms with Gasteiger partial charge in [0.1, 0.15) is 12.3 Å². The number of methoxy groups -OCH3 is 1. The lowest BCUT2D eigenvalue weighted by Gasteiger charge is -2.21. The summed E-state index contributed by atoms with van der Waals surface area (Å²) < 4.78 is 30.1. The number of carbonyl (C=O) groups is 1. The highest BCUT2D eigenvalue weighted by molar-refractivity contribution is 7.92. The van der Waals surface area contributed by atoms with Crippen LogP contribution in [0.15, 0.2) is 53.6 Å². The molecule has 0 aliphatic rings. The molecule has 2 rings (SSSR count). The summed E-state index contributed by atoms with van der Waals surface area (Å²) in [5.74, 6) is -0.00876. The molecule has 26 heavy (non-hydrogen) atoms. The van der Waals surface area contributed by atoms with Gasteiger partial charge in [-0.05, 0) is 30.3 Å². The number of benzene rings is 2. The highest BCUT2D eigenvalue weighted by atomic mass is 35.5. The second kappa shape index (κ2) is 8.68. The van der Waals surface area contributed by atoms with Crippen molar-refractivity contribution in [2.75, 3.05) is 24.2 Å². The lowest BCUT2D eigenvalue weighted by atomic mass is 10.2. The molecule has 0 saturated heterocycles. The van der Waals surface area contributed by atoms with Gasteiger partial charge in [-0.15, -0.1) is 0 Å². The molecule has 0 heterocycles. The summed E-state index contributed by atoms with van der Waals surface area (Å²) in [5.41, 5.74) is 3.27. The number of amides is 1. The second-order valence-electron chi connectivity index (χ2n) is 5.28. The van der Waals surface area contributed by atoms with Crippen molar-refractivity contribution in [3.63, 3.8) is 0 Å². The van der Waals surface area contributed by atoms with Gasteiger partial charge >= 0.3 is 0 Å². The molecule has 1 N–H and O–H groups in total. The Bertz CT molecular complexity index is 898. The molecule has 2 aromatic carbocycles. The Balaban J connectivity index is 2.08. The second-order valence-corrected chi connectivity index (χ2v) is 7.60. The minimum absolute atomic E-state index is 0.346. The van der Waals surface area contributed by atoms with Crippen molar-refractivity contribution in [2.24, 2.45) is 5.10 Å². The number of rotatable bonds is 7. The first-order valence-corrected chi connectivity index (χ1v) is 9.72. The summed E-state index contributed by atoms with van der Waals surface area (Å²) in [7, 11) is -2.15. The fraction of sp³-hybridized carbons (Fsp3) is 0.176. The van der Waals surface area contributed by atoms with Crippen LogP contribution in [0.2, 0.25) is 5.02 Å². The van der Waals surface area contributed by atoms with Gasteiger partial charge in [-0.3, -0.25) is 9.10 Å². The third kappa shape index (κ3) is 5.47. The first kappa shape index (κ1) is 19.7. The minimum atomic E-state index is -3.66. The zero-order valence-corrected chi connectivity index (χ0v) is 15.8. The summed E-state index contributed by atoms with van der Waals surface area (Å²) in [4.78, 5) is 12.1. The van der Waals surface area contributed by atoms with Crippen LogP contribution in [0.5, 0.6) is 5.75 Å². The Kier molecular flexibility index (Phi) is 6.59. The van der Waals surface area contributed by atoms with Crippen LogP contribution < -0.4 is 14.5 Å². The highest BCUT2D eigenvalue weighted by Crippen LogP contribution is 2.21. The van der Waals surface area contributed by atoms with Gasteiger partial charge in [-0.25, -0.2) is 13.8 Å². The molecule has 9 heteroatoms. The zero-order chi connectivity index (χ0) is 19.2. The Labute approximate surface area is 157 Å². The van der Waals surface area contributed by atoms with E-state index in [1.54, 1.807) is 48.5 Å². The Morgan fingerprint density at radius 2 is 1.88 bits per heavy atom. The third-order valence-corrected chi connectivity index (χ3v) is 4.83. The lowest BCUT2D eigenvalue weighted by Crippen LogP contribution is -2.39. The number of hydrogen-bond acceptors (Lipinski definition) is 5. The number of nitrogens with zero attached hydrogens (tertiary/aromatic N) is 2. The van der Waals surface area contributed by atoms with Crippen LogP contribution in [-0.4, -0.2) is 40.4 Å². The quantitative estimate of drug-likeness (QED) is 0.575. The highest BCUT2D eigenvalue weighted by Gasteiger charge is 2.20. The molecule has 0 saturated carbocycles. The van der Waals surface area contributed by atoms with Gasteiger partial charge in [-0.2, -0.15) is 5.10 Å². The lowest BCUT2D eigenvalue weighted by molar-refractivity contribution is -0.119. The average Bonchev–Trinajstić information content (AvgIpc) is 2.60. The average molecular weight is 396 g/mol. The van der Waals surface area contributed by atoms with Crippen LogP contribution in [0.25, 0.3) is 0 Å². The predicted octanol–water partition coefficient (Wildman–Crippen LogP) is 2.26. The van der Waals surface area contributed by atoms with Crippen LogP contribution in [0.4, 0.5) is 5.69 Å². The zero-order valence-electron chi connectivity index (χ0n) is 14.2. The molecular weight excluding hydrogens is 378 g/mol. The summed E-state index contributed by atoms with van der Waals surface area (Å²) in [6.07, 6.45) is 2.41. The van der Waals surface area contributed by atoms with Crippen molar-refractivity contribution in [2.45, 2.75) is 0 Å². The molecule has 0 bridgehead atoms. The van der Waals surface area contributed by atoms with Crippen molar-refractivity contribution >= 4 is 39.4 Å². The Morgan fingerprint density at radius 3 is 2.46 bits per heavy atom. The van der Waals surface area contributed by atoms with E-state index in [9.17, 15) is 13.2 Å². The Morgan fingerprint density at radius 1 is 1.23 bits per heavy atom.